The van der Waals surface area contributed by atoms with Gasteiger partial charge in [0, 0.05) is 64.4 Å². The summed E-state index contributed by atoms with van der Waals surface area (Å²) < 4.78 is 59.2. The number of nitriles is 4. The van der Waals surface area contributed by atoms with Crippen LogP contribution in [0.1, 0.15) is 81.8 Å². The Morgan fingerprint density at radius 1 is 0.542 bits per heavy atom. The van der Waals surface area contributed by atoms with Crippen LogP contribution in [0, 0.1) is 68.6 Å². The van der Waals surface area contributed by atoms with Crippen LogP contribution < -0.4 is 0 Å². The number of nitrogens with zero attached hydrogens (tertiary/aromatic N) is 6. The number of halogens is 4. The quantitative estimate of drug-likeness (QED) is 0.128. The molecule has 9 rings (SSSR count). The number of benzene rings is 4. The molecule has 0 unspecified atom stereocenters. The van der Waals surface area contributed by atoms with E-state index >= 15 is 0 Å². The third-order valence-corrected chi connectivity index (χ3v) is 12.6. The number of fused-ring (bicyclic) bond motifs is 7. The van der Waals surface area contributed by atoms with Crippen LogP contribution in [0.2, 0.25) is 0 Å². The van der Waals surface area contributed by atoms with E-state index in [0.717, 1.165) is 66.7 Å². The maximum absolute atomic E-state index is 14.4. The Balaban J connectivity index is 1.13. The van der Waals surface area contributed by atoms with E-state index < -0.39 is 56.8 Å². The van der Waals surface area contributed by atoms with E-state index in [-0.39, 0.29) is 44.8 Å². The minimum atomic E-state index is -1.25. The second kappa shape index (κ2) is 12.5. The molecule has 0 atom stereocenters. The van der Waals surface area contributed by atoms with Gasteiger partial charge in [-0.25, -0.2) is 27.5 Å². The van der Waals surface area contributed by atoms with Crippen molar-refractivity contribution >= 4 is 77.8 Å². The molecule has 0 fully saturated rings. The van der Waals surface area contributed by atoms with Gasteiger partial charge in [0.05, 0.1) is 11.4 Å². The van der Waals surface area contributed by atoms with Crippen LogP contribution in [0.4, 0.5) is 17.6 Å². The standard InChI is InChI=1S/C46H22F4N6O2S/c1-45(2)29-9-23-24-10-30-20(8-38(46(30,3)4)56-42-40(22(17-53)18-54)26-12-32(48)34(50)14-28(26)44(42)58)6-36(24)59-35(23)5-19(29)7-37(45)55-41-39(21(15-51)16-52)25-11-31(47)33(49)13-27(25)43(41)57/h5-14H,1-4H3. The molecule has 1 aromatic heterocycles. The van der Waals surface area contributed by atoms with Crippen molar-refractivity contribution in [1.82, 2.24) is 0 Å². The third kappa shape index (κ3) is 5.09. The maximum atomic E-state index is 14.4. The minimum absolute atomic E-state index is 0.0807. The first-order chi connectivity index (χ1) is 28.0. The van der Waals surface area contributed by atoms with Gasteiger partial charge in [-0.1, -0.05) is 27.7 Å². The molecule has 0 amide bonds. The lowest BCUT2D eigenvalue weighted by Crippen LogP contribution is -2.19. The largest absolute Gasteiger partial charge is 0.287 e. The highest BCUT2D eigenvalue weighted by Crippen LogP contribution is 2.50. The number of aliphatic imine (C=N–C) groups is 2. The number of carbonyl (C=O) groups excluding carboxylic acids is 2. The number of hydrogen-bond acceptors (Lipinski definition) is 9. The van der Waals surface area contributed by atoms with Crippen molar-refractivity contribution in [2.75, 3.05) is 0 Å². The number of Topliss-reactive ketones (excluding diaryl/α,β-unsaturated/α-hetero) is 2. The Morgan fingerprint density at radius 3 is 1.22 bits per heavy atom. The SMILES string of the molecule is CC1(C)C(N=C2C(=O)c3cc(F)c(F)cc3C2=C(C#N)C#N)=Cc2cc3sc4cc5c(cc4c3cc21)C(C)(C)C(N=C1C(=O)c2cc(F)c(F)cc2C1=C(C#N)C#N)=C5. The average Bonchev–Trinajstić information content (AvgIpc) is 3.90. The summed E-state index contributed by atoms with van der Waals surface area (Å²) >= 11 is 1.53. The summed E-state index contributed by atoms with van der Waals surface area (Å²) in [6, 6.07) is 18.3. The zero-order valence-corrected chi connectivity index (χ0v) is 32.0. The Labute approximate surface area is 336 Å². The molecule has 282 valence electrons. The van der Waals surface area contributed by atoms with Gasteiger partial charge in [-0.3, -0.25) is 9.59 Å². The number of hydrogen-bond donors (Lipinski definition) is 0. The number of ketones is 2. The van der Waals surface area contributed by atoms with Crippen LogP contribution >= 0.6 is 11.3 Å². The van der Waals surface area contributed by atoms with Gasteiger partial charge in [0.1, 0.15) is 46.8 Å². The van der Waals surface area contributed by atoms with Gasteiger partial charge in [0.25, 0.3) is 0 Å². The van der Waals surface area contributed by atoms with E-state index in [1.165, 1.54) is 11.3 Å². The van der Waals surface area contributed by atoms with E-state index in [4.69, 9.17) is 9.98 Å². The summed E-state index contributed by atoms with van der Waals surface area (Å²) in [5.74, 6) is -6.44. The van der Waals surface area contributed by atoms with Crippen LogP contribution in [0.25, 0.3) is 43.5 Å². The van der Waals surface area contributed by atoms with Gasteiger partial charge in [0.2, 0.25) is 11.6 Å². The van der Waals surface area contributed by atoms with Crippen LogP contribution in [-0.4, -0.2) is 23.0 Å². The first-order valence-electron chi connectivity index (χ1n) is 17.9. The molecule has 59 heavy (non-hydrogen) atoms. The maximum Gasteiger partial charge on any atom is 0.212 e. The number of carbonyl (C=O) groups is 2. The lowest BCUT2D eigenvalue weighted by Gasteiger charge is -2.23. The van der Waals surface area contributed by atoms with Crippen molar-refractivity contribution in [3.8, 4) is 24.3 Å². The minimum Gasteiger partial charge on any atom is -0.287 e. The molecule has 0 saturated carbocycles. The second-order valence-electron chi connectivity index (χ2n) is 15.4. The predicted octanol–water partition coefficient (Wildman–Crippen LogP) is 10.2. The van der Waals surface area contributed by atoms with E-state index in [0.29, 0.717) is 11.4 Å². The molecular formula is C46H22F4N6O2S. The van der Waals surface area contributed by atoms with Gasteiger partial charge < -0.3 is 0 Å². The van der Waals surface area contributed by atoms with E-state index in [1.54, 1.807) is 24.3 Å². The van der Waals surface area contributed by atoms with Crippen LogP contribution in [0.5, 0.6) is 0 Å². The van der Waals surface area contributed by atoms with Gasteiger partial charge >= 0.3 is 0 Å². The topological polar surface area (TPSA) is 154 Å². The van der Waals surface area contributed by atoms with Gasteiger partial charge in [-0.2, -0.15) is 21.0 Å². The first-order valence-corrected chi connectivity index (χ1v) is 18.7. The average molecular weight is 799 g/mol. The van der Waals surface area contributed by atoms with Crippen molar-refractivity contribution in [1.29, 1.82) is 21.0 Å². The molecule has 0 radical (unpaired) electrons. The van der Waals surface area contributed by atoms with Gasteiger partial charge in [0.15, 0.2) is 23.3 Å². The van der Waals surface area contributed by atoms with Crippen LogP contribution in [0.15, 0.2) is 81.1 Å². The Bertz CT molecular complexity index is 3100. The molecule has 4 aliphatic carbocycles. The van der Waals surface area contributed by atoms with E-state index in [2.05, 4.69) is 0 Å². The molecule has 13 heteroatoms. The van der Waals surface area contributed by atoms with E-state index in [1.807, 2.05) is 64.1 Å². The van der Waals surface area contributed by atoms with Crippen LogP contribution in [0.3, 0.4) is 0 Å². The lowest BCUT2D eigenvalue weighted by atomic mass is 9.82. The molecule has 0 saturated heterocycles. The fourth-order valence-corrected chi connectivity index (χ4v) is 9.52. The summed E-state index contributed by atoms with van der Waals surface area (Å²) in [6.07, 6.45) is 3.63. The van der Waals surface area contributed by atoms with Gasteiger partial charge in [-0.05, 0) is 82.9 Å². The summed E-state index contributed by atoms with van der Waals surface area (Å²) in [5, 5.41) is 40.8. The normalized spacial score (nSPS) is 18.0. The highest BCUT2D eigenvalue weighted by molar-refractivity contribution is 7.25. The Hall–Kier alpha value is -7.58. The lowest BCUT2D eigenvalue weighted by molar-refractivity contribution is 0.106. The molecular weight excluding hydrogens is 777 g/mol. The van der Waals surface area contributed by atoms with Crippen molar-refractivity contribution < 1.29 is 27.2 Å². The van der Waals surface area contributed by atoms with Gasteiger partial charge in [-0.15, -0.1) is 11.3 Å². The molecule has 4 aliphatic rings. The van der Waals surface area contributed by atoms with Crippen molar-refractivity contribution in [3.63, 3.8) is 0 Å². The molecule has 1 heterocycles. The van der Waals surface area contributed by atoms with Crippen molar-refractivity contribution in [2.24, 2.45) is 9.98 Å². The predicted molar refractivity (Wildman–Crippen MR) is 214 cm³/mol. The Morgan fingerprint density at radius 2 is 0.881 bits per heavy atom. The molecule has 0 bridgehead atoms. The second-order valence-corrected chi connectivity index (χ2v) is 16.5. The van der Waals surface area contributed by atoms with Crippen LogP contribution in [-0.2, 0) is 10.8 Å². The first kappa shape index (κ1) is 37.0. The van der Waals surface area contributed by atoms with E-state index in [9.17, 15) is 48.2 Å². The molecule has 5 aromatic rings. The monoisotopic (exact) mass is 798 g/mol. The number of allylic oxidation sites excluding steroid dienone is 6. The smallest absolute Gasteiger partial charge is 0.212 e. The highest BCUT2D eigenvalue weighted by atomic mass is 32.1. The molecule has 0 aliphatic heterocycles. The Kier molecular flexibility index (Phi) is 7.82. The molecule has 4 aromatic carbocycles. The third-order valence-electron chi connectivity index (χ3n) is 11.5. The summed E-state index contributed by atoms with van der Waals surface area (Å²) in [7, 11) is 0. The zero-order chi connectivity index (χ0) is 42.0. The summed E-state index contributed by atoms with van der Waals surface area (Å²) in [6.45, 7) is 7.64. The van der Waals surface area contributed by atoms with Crippen molar-refractivity contribution in [3.05, 3.63) is 139 Å². The number of rotatable bonds is 2. The molecule has 0 spiro atoms. The fourth-order valence-electron chi connectivity index (χ4n) is 8.35. The fraction of sp³-hybridized carbons (Fsp3) is 0.130. The number of thiophene rings is 1. The zero-order valence-electron chi connectivity index (χ0n) is 31.2. The summed E-state index contributed by atoms with van der Waals surface area (Å²) in [5.41, 5.74) is 0.353. The molecule has 0 N–H and O–H groups in total. The summed E-state index contributed by atoms with van der Waals surface area (Å²) in [4.78, 5) is 36.7. The highest BCUT2D eigenvalue weighted by Gasteiger charge is 2.42. The van der Waals surface area contributed by atoms with Crippen molar-refractivity contribution in [2.45, 2.75) is 38.5 Å². The molecule has 8 nitrogen and oxygen atoms in total.